The number of hydrogen-bond acceptors (Lipinski definition) is 4. The summed E-state index contributed by atoms with van der Waals surface area (Å²) in [6, 6.07) is 0.289. The highest BCUT2D eigenvalue weighted by Gasteiger charge is 2.24. The fraction of sp³-hybridized carbons (Fsp3) is 0.500. The number of halogens is 1. The Balaban J connectivity index is 2.10. The molecule has 1 saturated heterocycles. The van der Waals surface area contributed by atoms with E-state index in [0.29, 0.717) is 11.0 Å². The molecule has 2 aromatic rings. The summed E-state index contributed by atoms with van der Waals surface area (Å²) in [6.07, 6.45) is 3.33. The van der Waals surface area contributed by atoms with E-state index in [1.54, 1.807) is 0 Å². The Hall–Kier alpha value is -1.66. The number of pyridine rings is 1. The molecule has 21 heavy (non-hydrogen) atoms. The Morgan fingerprint density at radius 1 is 1.43 bits per heavy atom. The Morgan fingerprint density at radius 3 is 2.71 bits per heavy atom. The van der Waals surface area contributed by atoms with Crippen molar-refractivity contribution < 1.29 is 9.90 Å². The number of carbonyl (C=O) groups is 1. The summed E-state index contributed by atoms with van der Waals surface area (Å²) >= 11 is 6.23. The fourth-order valence-electron chi connectivity index (χ4n) is 2.88. The van der Waals surface area contributed by atoms with Gasteiger partial charge in [0.1, 0.15) is 0 Å². The number of likely N-dealkylation sites (tertiary alicyclic amines) is 1. The van der Waals surface area contributed by atoms with Crippen LogP contribution < -0.4 is 0 Å². The van der Waals surface area contributed by atoms with Gasteiger partial charge in [0.05, 0.1) is 27.7 Å². The quantitative estimate of drug-likeness (QED) is 0.922. The molecular weight excluding hydrogens is 292 g/mol. The first-order chi connectivity index (χ1) is 9.99. The van der Waals surface area contributed by atoms with E-state index < -0.39 is 5.97 Å². The summed E-state index contributed by atoms with van der Waals surface area (Å²) in [7, 11) is 2.11. The number of rotatable bonds is 2. The number of piperidine rings is 1. The van der Waals surface area contributed by atoms with E-state index in [4.69, 9.17) is 16.7 Å². The van der Waals surface area contributed by atoms with Crippen LogP contribution in [-0.2, 0) is 0 Å². The predicted octanol–water partition coefficient (Wildman–Crippen LogP) is 2.36. The zero-order valence-electron chi connectivity index (χ0n) is 12.0. The van der Waals surface area contributed by atoms with E-state index in [2.05, 4.69) is 22.0 Å². The molecule has 0 aromatic carbocycles. The van der Waals surface area contributed by atoms with Gasteiger partial charge in [0.25, 0.3) is 0 Å². The molecule has 7 heteroatoms. The van der Waals surface area contributed by atoms with Gasteiger partial charge in [-0.05, 0) is 39.9 Å². The minimum absolute atomic E-state index is 0.0233. The summed E-state index contributed by atoms with van der Waals surface area (Å²) in [5.74, 6) is -1.07. The van der Waals surface area contributed by atoms with Gasteiger partial charge in [-0.3, -0.25) is 0 Å². The molecule has 1 aliphatic rings. The summed E-state index contributed by atoms with van der Waals surface area (Å²) < 4.78 is 1.91. The van der Waals surface area contributed by atoms with Crippen LogP contribution in [0.4, 0.5) is 0 Å². The van der Waals surface area contributed by atoms with E-state index in [1.807, 2.05) is 11.6 Å². The molecule has 1 aliphatic heterocycles. The number of fused-ring (bicyclic) bond motifs is 1. The first-order valence-corrected chi connectivity index (χ1v) is 7.32. The van der Waals surface area contributed by atoms with Gasteiger partial charge in [0.2, 0.25) is 0 Å². The maximum Gasteiger partial charge on any atom is 0.338 e. The van der Waals surface area contributed by atoms with Crippen molar-refractivity contribution in [2.45, 2.75) is 25.8 Å². The van der Waals surface area contributed by atoms with Crippen LogP contribution in [0.25, 0.3) is 11.0 Å². The number of carboxylic acid groups (broad SMARTS) is 1. The molecule has 1 N–H and O–H groups in total. The number of nitrogens with zero attached hydrogens (tertiary/aromatic N) is 4. The van der Waals surface area contributed by atoms with Crippen molar-refractivity contribution in [3.8, 4) is 0 Å². The Morgan fingerprint density at radius 2 is 2.10 bits per heavy atom. The average molecular weight is 309 g/mol. The monoisotopic (exact) mass is 308 g/mol. The standard InChI is InChI=1S/C14H17ClN4O2/c1-8-11-12(15)10(14(20)21)7-16-13(11)19(17-8)9-3-5-18(2)6-4-9/h7,9H,3-6H2,1-2H3,(H,20,21). The third-order valence-electron chi connectivity index (χ3n) is 4.10. The minimum Gasteiger partial charge on any atom is -0.478 e. The summed E-state index contributed by atoms with van der Waals surface area (Å²) in [4.78, 5) is 17.8. The van der Waals surface area contributed by atoms with Crippen LogP contribution >= 0.6 is 11.6 Å². The van der Waals surface area contributed by atoms with E-state index in [0.717, 1.165) is 31.6 Å². The zero-order valence-corrected chi connectivity index (χ0v) is 12.8. The number of carboxylic acids is 1. The van der Waals surface area contributed by atoms with Crippen molar-refractivity contribution >= 4 is 28.6 Å². The van der Waals surface area contributed by atoms with Gasteiger partial charge >= 0.3 is 5.97 Å². The van der Waals surface area contributed by atoms with Gasteiger partial charge in [-0.25, -0.2) is 14.5 Å². The first-order valence-electron chi connectivity index (χ1n) is 6.94. The molecule has 3 rings (SSSR count). The topological polar surface area (TPSA) is 71.2 Å². The fourth-order valence-corrected chi connectivity index (χ4v) is 3.23. The van der Waals surface area contributed by atoms with Gasteiger partial charge in [0, 0.05) is 6.20 Å². The Kier molecular flexibility index (Phi) is 3.59. The lowest BCUT2D eigenvalue weighted by atomic mass is 10.1. The van der Waals surface area contributed by atoms with Gasteiger partial charge in [-0.2, -0.15) is 5.10 Å². The molecule has 1 fully saturated rings. The average Bonchev–Trinajstić information content (AvgIpc) is 2.78. The number of aromatic nitrogens is 3. The zero-order chi connectivity index (χ0) is 15.1. The van der Waals surface area contributed by atoms with Crippen LogP contribution in [0.1, 0.15) is 34.9 Å². The van der Waals surface area contributed by atoms with Crippen molar-refractivity contribution in [2.24, 2.45) is 0 Å². The van der Waals surface area contributed by atoms with Crippen LogP contribution in [0.3, 0.4) is 0 Å². The largest absolute Gasteiger partial charge is 0.478 e. The molecule has 0 spiro atoms. The highest BCUT2D eigenvalue weighted by molar-refractivity contribution is 6.38. The number of aromatic carboxylic acids is 1. The normalized spacial score (nSPS) is 17.5. The van der Waals surface area contributed by atoms with Crippen LogP contribution in [0.15, 0.2) is 6.20 Å². The first kappa shape index (κ1) is 14.3. The number of aryl methyl sites for hydroxylation is 1. The highest BCUT2D eigenvalue weighted by atomic mass is 35.5. The molecule has 6 nitrogen and oxygen atoms in total. The maximum atomic E-state index is 11.2. The third-order valence-corrected chi connectivity index (χ3v) is 4.49. The van der Waals surface area contributed by atoms with Crippen molar-refractivity contribution in [2.75, 3.05) is 20.1 Å². The second kappa shape index (κ2) is 5.27. The van der Waals surface area contributed by atoms with Crippen LogP contribution in [0.5, 0.6) is 0 Å². The maximum absolute atomic E-state index is 11.2. The SMILES string of the molecule is Cc1nn(C2CCN(C)CC2)c2ncc(C(=O)O)c(Cl)c12. The van der Waals surface area contributed by atoms with Crippen molar-refractivity contribution in [3.05, 3.63) is 22.5 Å². The summed E-state index contributed by atoms with van der Waals surface area (Å²) in [5.41, 5.74) is 1.43. The number of hydrogen-bond donors (Lipinski definition) is 1. The second-order valence-electron chi connectivity index (χ2n) is 5.55. The van der Waals surface area contributed by atoms with Gasteiger partial charge in [-0.15, -0.1) is 0 Å². The molecule has 3 heterocycles. The third kappa shape index (κ3) is 2.38. The lowest BCUT2D eigenvalue weighted by Gasteiger charge is -2.29. The molecule has 0 bridgehead atoms. The molecule has 2 aromatic heterocycles. The molecule has 0 unspecified atom stereocenters. The smallest absolute Gasteiger partial charge is 0.338 e. The molecule has 0 aliphatic carbocycles. The van der Waals surface area contributed by atoms with E-state index in [-0.39, 0.29) is 16.6 Å². The van der Waals surface area contributed by atoms with Crippen LogP contribution in [-0.4, -0.2) is 50.9 Å². The molecule has 0 radical (unpaired) electrons. The summed E-state index contributed by atoms with van der Waals surface area (Å²) in [6.45, 7) is 3.88. The van der Waals surface area contributed by atoms with Gasteiger partial charge < -0.3 is 10.0 Å². The second-order valence-corrected chi connectivity index (χ2v) is 5.93. The van der Waals surface area contributed by atoms with Crippen LogP contribution in [0, 0.1) is 6.92 Å². The Labute approximate surface area is 127 Å². The lowest BCUT2D eigenvalue weighted by Crippen LogP contribution is -2.32. The highest BCUT2D eigenvalue weighted by Crippen LogP contribution is 2.32. The van der Waals surface area contributed by atoms with E-state index in [1.165, 1.54) is 6.20 Å². The molecule has 0 saturated carbocycles. The summed E-state index contributed by atoms with van der Waals surface area (Å²) in [5, 5.41) is 14.6. The van der Waals surface area contributed by atoms with Gasteiger partial charge in [0.15, 0.2) is 5.65 Å². The van der Waals surface area contributed by atoms with Crippen LogP contribution in [0.2, 0.25) is 5.02 Å². The minimum atomic E-state index is -1.07. The van der Waals surface area contributed by atoms with Gasteiger partial charge in [-0.1, -0.05) is 11.6 Å². The predicted molar refractivity (Wildman–Crippen MR) is 80.0 cm³/mol. The molecule has 0 amide bonds. The van der Waals surface area contributed by atoms with Crippen molar-refractivity contribution in [3.63, 3.8) is 0 Å². The molecule has 0 atom stereocenters. The lowest BCUT2D eigenvalue weighted by molar-refractivity contribution is 0.0697. The van der Waals surface area contributed by atoms with Crippen molar-refractivity contribution in [1.29, 1.82) is 0 Å². The van der Waals surface area contributed by atoms with E-state index in [9.17, 15) is 4.79 Å². The van der Waals surface area contributed by atoms with Crippen molar-refractivity contribution in [1.82, 2.24) is 19.7 Å². The molecule has 112 valence electrons. The van der Waals surface area contributed by atoms with E-state index >= 15 is 0 Å². The molecular formula is C14H17ClN4O2. The Bertz CT molecular complexity index is 705.